The summed E-state index contributed by atoms with van der Waals surface area (Å²) in [4.78, 5) is 38.2. The van der Waals surface area contributed by atoms with Crippen LogP contribution in [-0.4, -0.2) is 21.5 Å². The number of Topliss-reactive ketones (excluding diaryl/α,β-unsaturated/α-hetero) is 1. The first-order valence-electron chi connectivity index (χ1n) is 9.22. The fourth-order valence-corrected chi connectivity index (χ4v) is 3.05. The predicted octanol–water partition coefficient (Wildman–Crippen LogP) is 2.23. The number of benzene rings is 2. The van der Waals surface area contributed by atoms with Crippen molar-refractivity contribution in [3.8, 4) is 0 Å². The minimum absolute atomic E-state index is 0.0591. The maximum Gasteiger partial charge on any atom is 0.332 e. The molecule has 1 heterocycles. The molecule has 156 valence electrons. The molecule has 30 heavy (non-hydrogen) atoms. The van der Waals surface area contributed by atoms with Crippen molar-refractivity contribution >= 4 is 17.3 Å². The van der Waals surface area contributed by atoms with E-state index in [1.807, 2.05) is 6.07 Å². The van der Waals surface area contributed by atoms with Gasteiger partial charge in [0.2, 0.25) is 0 Å². The number of hydrogen-bond acceptors (Lipinski definition) is 5. The van der Waals surface area contributed by atoms with Crippen LogP contribution in [0.2, 0.25) is 0 Å². The minimum atomic E-state index is -1.07. The number of hydrogen-bond donors (Lipinski definition) is 2. The number of nitrogens with one attached hydrogen (secondary N) is 1. The van der Waals surface area contributed by atoms with Crippen molar-refractivity contribution in [2.24, 2.45) is 0 Å². The van der Waals surface area contributed by atoms with Gasteiger partial charge in [0.1, 0.15) is 11.4 Å². The molecule has 0 atom stereocenters. The van der Waals surface area contributed by atoms with Crippen LogP contribution < -0.4 is 22.3 Å². The summed E-state index contributed by atoms with van der Waals surface area (Å²) in [6, 6.07) is 12.1. The molecule has 3 N–H and O–H groups in total. The maximum absolute atomic E-state index is 13.3. The molecular weight excluding hydrogens is 394 g/mol. The lowest BCUT2D eigenvalue weighted by Crippen LogP contribution is -2.44. The summed E-state index contributed by atoms with van der Waals surface area (Å²) in [7, 11) is 0. The van der Waals surface area contributed by atoms with Crippen LogP contribution in [0.1, 0.15) is 22.8 Å². The van der Waals surface area contributed by atoms with Gasteiger partial charge in [-0.1, -0.05) is 30.3 Å². The summed E-state index contributed by atoms with van der Waals surface area (Å²) in [5, 5.41) is 2.64. The topological polar surface area (TPSA) is 99.1 Å². The van der Waals surface area contributed by atoms with Crippen LogP contribution >= 0.6 is 0 Å². The first-order chi connectivity index (χ1) is 14.3. The summed E-state index contributed by atoms with van der Waals surface area (Å²) >= 11 is 0. The van der Waals surface area contributed by atoms with Crippen molar-refractivity contribution in [2.45, 2.75) is 20.0 Å². The van der Waals surface area contributed by atoms with E-state index in [4.69, 9.17) is 5.73 Å². The summed E-state index contributed by atoms with van der Waals surface area (Å²) in [5.74, 6) is -3.01. The molecule has 0 spiro atoms. The first kappa shape index (κ1) is 21.0. The Morgan fingerprint density at radius 2 is 1.73 bits per heavy atom. The van der Waals surface area contributed by atoms with E-state index in [1.165, 1.54) is 10.6 Å². The SMILES string of the molecule is CCn1c(=O)c(C(=O)CNc2ccc(F)c(F)c2)c(N)n(Cc2ccccc2)c1=O. The molecule has 9 heteroatoms. The van der Waals surface area contributed by atoms with Crippen molar-refractivity contribution in [1.82, 2.24) is 9.13 Å². The largest absolute Gasteiger partial charge is 0.384 e. The van der Waals surface area contributed by atoms with Crippen LogP contribution in [0.3, 0.4) is 0 Å². The summed E-state index contributed by atoms with van der Waals surface area (Å²) in [5.41, 5.74) is 5.25. The lowest BCUT2D eigenvalue weighted by atomic mass is 10.1. The van der Waals surface area contributed by atoms with Crippen LogP contribution in [0.15, 0.2) is 58.1 Å². The third-order valence-electron chi connectivity index (χ3n) is 4.62. The minimum Gasteiger partial charge on any atom is -0.384 e. The van der Waals surface area contributed by atoms with Crippen molar-refractivity contribution in [1.29, 1.82) is 0 Å². The lowest BCUT2D eigenvalue weighted by molar-refractivity contribution is 0.100. The van der Waals surface area contributed by atoms with Gasteiger partial charge in [0.15, 0.2) is 17.4 Å². The van der Waals surface area contributed by atoms with E-state index in [2.05, 4.69) is 5.32 Å². The van der Waals surface area contributed by atoms with Crippen LogP contribution in [0.5, 0.6) is 0 Å². The van der Waals surface area contributed by atoms with E-state index in [1.54, 1.807) is 31.2 Å². The van der Waals surface area contributed by atoms with Gasteiger partial charge in [0.25, 0.3) is 5.56 Å². The van der Waals surface area contributed by atoms with Gasteiger partial charge in [-0.3, -0.25) is 18.7 Å². The quantitative estimate of drug-likeness (QED) is 0.578. The Morgan fingerprint density at radius 3 is 2.37 bits per heavy atom. The number of nitrogens with zero attached hydrogens (tertiary/aromatic N) is 2. The fraction of sp³-hybridized carbons (Fsp3) is 0.190. The number of nitrogen functional groups attached to an aromatic ring is 1. The van der Waals surface area contributed by atoms with Crippen molar-refractivity contribution < 1.29 is 13.6 Å². The van der Waals surface area contributed by atoms with Crippen LogP contribution in [-0.2, 0) is 13.1 Å². The molecule has 0 radical (unpaired) electrons. The van der Waals surface area contributed by atoms with E-state index >= 15 is 0 Å². The van der Waals surface area contributed by atoms with Gasteiger partial charge in [-0.2, -0.15) is 0 Å². The first-order valence-corrected chi connectivity index (χ1v) is 9.22. The standard InChI is InChI=1S/C21H20F2N4O3/c1-2-26-20(29)18(17(28)11-25-14-8-9-15(22)16(23)10-14)19(24)27(21(26)30)12-13-6-4-3-5-7-13/h3-10,25H,2,11-12,24H2,1H3. The van der Waals surface area contributed by atoms with Crippen LogP contribution in [0.25, 0.3) is 0 Å². The van der Waals surface area contributed by atoms with Crippen LogP contribution in [0, 0.1) is 11.6 Å². The third-order valence-corrected chi connectivity index (χ3v) is 4.62. The van der Waals surface area contributed by atoms with E-state index in [9.17, 15) is 23.2 Å². The summed E-state index contributed by atoms with van der Waals surface area (Å²) < 4.78 is 28.5. The van der Waals surface area contributed by atoms with Gasteiger partial charge in [-0.25, -0.2) is 13.6 Å². The number of carbonyl (C=O) groups is 1. The molecule has 0 aliphatic heterocycles. The Bertz CT molecular complexity index is 1200. The molecule has 0 amide bonds. The molecule has 0 bridgehead atoms. The van der Waals surface area contributed by atoms with E-state index in [-0.39, 0.29) is 30.2 Å². The van der Waals surface area contributed by atoms with E-state index in [0.29, 0.717) is 0 Å². The Morgan fingerprint density at radius 1 is 1.03 bits per heavy atom. The van der Waals surface area contributed by atoms with Gasteiger partial charge >= 0.3 is 5.69 Å². The highest BCUT2D eigenvalue weighted by molar-refractivity contribution is 6.02. The molecule has 3 rings (SSSR count). The molecule has 0 saturated carbocycles. The average molecular weight is 414 g/mol. The molecule has 0 aliphatic rings. The van der Waals surface area contributed by atoms with Gasteiger partial charge in [-0.15, -0.1) is 0 Å². The van der Waals surface area contributed by atoms with Gasteiger partial charge in [0.05, 0.1) is 13.1 Å². The molecule has 0 fully saturated rings. The molecule has 3 aromatic rings. The second-order valence-electron chi connectivity index (χ2n) is 6.57. The zero-order valence-corrected chi connectivity index (χ0v) is 16.2. The number of nitrogens with two attached hydrogens (primary N) is 1. The lowest BCUT2D eigenvalue weighted by Gasteiger charge is -2.16. The van der Waals surface area contributed by atoms with E-state index < -0.39 is 35.2 Å². The van der Waals surface area contributed by atoms with Crippen molar-refractivity contribution in [3.63, 3.8) is 0 Å². The number of aromatic nitrogens is 2. The zero-order valence-electron chi connectivity index (χ0n) is 16.2. The van der Waals surface area contributed by atoms with E-state index in [0.717, 1.165) is 22.3 Å². The molecule has 1 aromatic heterocycles. The fourth-order valence-electron chi connectivity index (χ4n) is 3.05. The van der Waals surface area contributed by atoms with Crippen molar-refractivity contribution in [3.05, 3.63) is 92.1 Å². The number of ketones is 1. The highest BCUT2D eigenvalue weighted by Gasteiger charge is 2.22. The maximum atomic E-state index is 13.3. The number of rotatable bonds is 7. The third kappa shape index (κ3) is 4.14. The molecular formula is C21H20F2N4O3. The number of carbonyl (C=O) groups excluding carboxylic acids is 1. The second-order valence-corrected chi connectivity index (χ2v) is 6.57. The summed E-state index contributed by atoms with van der Waals surface area (Å²) in [6.45, 7) is 1.36. The molecule has 0 saturated heterocycles. The van der Waals surface area contributed by atoms with Crippen molar-refractivity contribution in [2.75, 3.05) is 17.6 Å². The van der Waals surface area contributed by atoms with Gasteiger partial charge in [-0.05, 0) is 24.6 Å². The molecule has 2 aromatic carbocycles. The van der Waals surface area contributed by atoms with Crippen LogP contribution in [0.4, 0.5) is 20.3 Å². The molecule has 0 aliphatic carbocycles. The molecule has 0 unspecified atom stereocenters. The van der Waals surface area contributed by atoms with Gasteiger partial charge < -0.3 is 11.1 Å². The monoisotopic (exact) mass is 414 g/mol. The second kappa shape index (κ2) is 8.73. The normalized spacial score (nSPS) is 10.8. The number of halogens is 2. The predicted molar refractivity (Wildman–Crippen MR) is 110 cm³/mol. The Labute approximate surface area is 170 Å². The number of anilines is 2. The highest BCUT2D eigenvalue weighted by Crippen LogP contribution is 2.14. The Hall–Kier alpha value is -3.75. The average Bonchev–Trinajstić information content (AvgIpc) is 2.73. The Balaban J connectivity index is 1.97. The van der Waals surface area contributed by atoms with Gasteiger partial charge in [0, 0.05) is 18.3 Å². The summed E-state index contributed by atoms with van der Waals surface area (Å²) in [6.07, 6.45) is 0. The Kier molecular flexibility index (Phi) is 6.10. The highest BCUT2D eigenvalue weighted by atomic mass is 19.2. The smallest absolute Gasteiger partial charge is 0.332 e. The zero-order chi connectivity index (χ0) is 21.8. The molecule has 7 nitrogen and oxygen atoms in total.